The molecule has 6 nitrogen and oxygen atoms in total. The number of nitrogens with zero attached hydrogens (tertiary/aromatic N) is 1. The zero-order chi connectivity index (χ0) is 24.1. The molecule has 0 aliphatic carbocycles. The van der Waals surface area contributed by atoms with E-state index in [2.05, 4.69) is 12.2 Å². The zero-order valence-electron chi connectivity index (χ0n) is 20.2. The smallest absolute Gasteiger partial charge is 0.321 e. The number of carbonyl (C=O) groups is 2. The van der Waals surface area contributed by atoms with Crippen LogP contribution >= 0.6 is 0 Å². The minimum absolute atomic E-state index is 0.0161. The fraction of sp³-hybridized carbons (Fsp3) is 0.481. The van der Waals surface area contributed by atoms with Crippen molar-refractivity contribution in [2.24, 2.45) is 0 Å². The molecule has 2 N–H and O–H groups in total. The lowest BCUT2D eigenvalue weighted by molar-refractivity contribution is -0.136. The highest BCUT2D eigenvalue weighted by Crippen LogP contribution is 2.41. The number of rotatable bonds is 14. The van der Waals surface area contributed by atoms with Gasteiger partial charge in [-0.2, -0.15) is 0 Å². The summed E-state index contributed by atoms with van der Waals surface area (Å²) in [4.78, 5) is 25.9. The number of carboxylic acid groups (broad SMARTS) is 1. The van der Waals surface area contributed by atoms with Crippen molar-refractivity contribution in [2.45, 2.75) is 65.2 Å². The number of aliphatic carboxylic acids is 1. The topological polar surface area (TPSA) is 78.9 Å². The van der Waals surface area contributed by atoms with Crippen molar-refractivity contribution >= 4 is 17.7 Å². The summed E-state index contributed by atoms with van der Waals surface area (Å²) in [6, 6.07) is 13.6. The molecule has 0 radical (unpaired) electrons. The Labute approximate surface area is 198 Å². The number of benzene rings is 2. The van der Waals surface area contributed by atoms with Crippen molar-refractivity contribution in [3.05, 3.63) is 48.0 Å². The van der Waals surface area contributed by atoms with E-state index in [1.807, 2.05) is 49.4 Å². The van der Waals surface area contributed by atoms with E-state index in [1.54, 1.807) is 11.9 Å². The first kappa shape index (κ1) is 26.2. The van der Waals surface area contributed by atoms with Gasteiger partial charge in [0.25, 0.3) is 0 Å². The highest BCUT2D eigenvalue weighted by atomic mass is 16.5. The van der Waals surface area contributed by atoms with Crippen LogP contribution in [-0.2, 0) is 11.2 Å². The van der Waals surface area contributed by atoms with Gasteiger partial charge in [-0.15, -0.1) is 0 Å². The molecule has 6 heteroatoms. The highest BCUT2D eigenvalue weighted by Gasteiger charge is 2.23. The van der Waals surface area contributed by atoms with Gasteiger partial charge in [-0.05, 0) is 30.4 Å². The first-order chi connectivity index (χ1) is 16.0. The number of aryl methyl sites for hydroxylation is 1. The normalized spacial score (nSPS) is 10.6. The molecule has 33 heavy (non-hydrogen) atoms. The average molecular weight is 455 g/mol. The molecule has 2 aromatic carbocycles. The van der Waals surface area contributed by atoms with Gasteiger partial charge in [0.05, 0.1) is 12.3 Å². The van der Waals surface area contributed by atoms with Crippen LogP contribution in [0.1, 0.15) is 64.4 Å². The molecule has 0 spiro atoms. The number of urea groups is 1. The third kappa shape index (κ3) is 8.12. The molecule has 0 fully saturated rings. The maximum Gasteiger partial charge on any atom is 0.321 e. The second-order valence-electron chi connectivity index (χ2n) is 8.26. The van der Waals surface area contributed by atoms with E-state index < -0.39 is 5.97 Å². The molecule has 0 heterocycles. The maximum absolute atomic E-state index is 13.0. The Morgan fingerprint density at radius 1 is 0.970 bits per heavy atom. The van der Waals surface area contributed by atoms with Gasteiger partial charge in [0.15, 0.2) is 5.75 Å². The first-order valence-corrected chi connectivity index (χ1v) is 12.1. The standard InChI is InChI=1S/C27H38N2O4/c1-4-6-7-8-12-19-28-27(32)29(3)25-22(16-18-24(30)31)15-17-23(26(25)33-20-5-2)21-13-10-9-11-14-21/h9-11,13-15,17H,4-8,12,16,18-20H2,1-3H3,(H,28,32)(H,30,31). The summed E-state index contributed by atoms with van der Waals surface area (Å²) in [6.07, 6.45) is 6.73. The molecule has 0 atom stereocenters. The van der Waals surface area contributed by atoms with Gasteiger partial charge in [0, 0.05) is 25.6 Å². The number of unbranched alkanes of at least 4 members (excludes halogenated alkanes) is 4. The van der Waals surface area contributed by atoms with Gasteiger partial charge in [-0.3, -0.25) is 9.69 Å². The molecule has 0 unspecified atom stereocenters. The lowest BCUT2D eigenvalue weighted by Crippen LogP contribution is -2.38. The van der Waals surface area contributed by atoms with E-state index in [0.29, 0.717) is 31.0 Å². The van der Waals surface area contributed by atoms with E-state index in [4.69, 9.17) is 4.74 Å². The monoisotopic (exact) mass is 454 g/mol. The number of ether oxygens (including phenoxy) is 1. The third-order valence-electron chi connectivity index (χ3n) is 5.56. The van der Waals surface area contributed by atoms with Crippen molar-refractivity contribution in [3.8, 4) is 16.9 Å². The van der Waals surface area contributed by atoms with Crippen LogP contribution in [0.2, 0.25) is 0 Å². The van der Waals surface area contributed by atoms with Gasteiger partial charge in [0.1, 0.15) is 0 Å². The van der Waals surface area contributed by atoms with Crippen LogP contribution in [0.3, 0.4) is 0 Å². The lowest BCUT2D eigenvalue weighted by atomic mass is 9.97. The van der Waals surface area contributed by atoms with Crippen molar-refractivity contribution in [1.29, 1.82) is 0 Å². The molecule has 0 aromatic heterocycles. The van der Waals surface area contributed by atoms with E-state index in [9.17, 15) is 14.7 Å². The van der Waals surface area contributed by atoms with Gasteiger partial charge in [0.2, 0.25) is 0 Å². The Balaban J connectivity index is 2.37. The number of carbonyl (C=O) groups excluding carboxylic acids is 1. The fourth-order valence-corrected chi connectivity index (χ4v) is 3.76. The van der Waals surface area contributed by atoms with Crippen LogP contribution in [-0.4, -0.2) is 37.3 Å². The summed E-state index contributed by atoms with van der Waals surface area (Å²) < 4.78 is 6.19. The fourth-order valence-electron chi connectivity index (χ4n) is 3.76. The first-order valence-electron chi connectivity index (χ1n) is 12.1. The second kappa shape index (κ2) is 14.2. The largest absolute Gasteiger partial charge is 0.491 e. The Hall–Kier alpha value is -3.02. The second-order valence-corrected chi connectivity index (χ2v) is 8.26. The minimum atomic E-state index is -0.872. The number of hydrogen-bond acceptors (Lipinski definition) is 3. The molecule has 2 amide bonds. The predicted octanol–water partition coefficient (Wildman–Crippen LogP) is 6.28. The molecule has 180 valence electrons. The Morgan fingerprint density at radius 2 is 1.70 bits per heavy atom. The molecule has 0 saturated heterocycles. The number of anilines is 1. The van der Waals surface area contributed by atoms with Crippen molar-refractivity contribution in [3.63, 3.8) is 0 Å². The molecule has 0 aliphatic heterocycles. The Bertz CT molecular complexity index is 883. The summed E-state index contributed by atoms with van der Waals surface area (Å²) >= 11 is 0. The van der Waals surface area contributed by atoms with E-state index in [1.165, 1.54) is 19.3 Å². The summed E-state index contributed by atoms with van der Waals surface area (Å²) in [5, 5.41) is 12.2. The Morgan fingerprint density at radius 3 is 2.36 bits per heavy atom. The van der Waals surface area contributed by atoms with Crippen molar-refractivity contribution in [2.75, 3.05) is 25.1 Å². The lowest BCUT2D eigenvalue weighted by Gasteiger charge is -2.26. The van der Waals surface area contributed by atoms with Crippen LogP contribution in [0.5, 0.6) is 5.75 Å². The summed E-state index contributed by atoms with van der Waals surface area (Å²) in [5.74, 6) is -0.255. The average Bonchev–Trinajstić information content (AvgIpc) is 2.83. The van der Waals surface area contributed by atoms with Gasteiger partial charge >= 0.3 is 12.0 Å². The highest BCUT2D eigenvalue weighted by molar-refractivity contribution is 5.96. The quantitative estimate of drug-likeness (QED) is 0.330. The molecule has 2 aromatic rings. The van der Waals surface area contributed by atoms with Crippen molar-refractivity contribution < 1.29 is 19.4 Å². The Kier molecular flexibility index (Phi) is 11.3. The third-order valence-corrected chi connectivity index (χ3v) is 5.56. The predicted molar refractivity (Wildman–Crippen MR) is 134 cm³/mol. The number of carboxylic acids is 1. The molecular formula is C27H38N2O4. The number of amides is 2. The maximum atomic E-state index is 13.0. The van der Waals surface area contributed by atoms with Gasteiger partial charge < -0.3 is 15.2 Å². The van der Waals surface area contributed by atoms with Gasteiger partial charge in [-0.25, -0.2) is 4.79 Å². The van der Waals surface area contributed by atoms with Crippen molar-refractivity contribution in [1.82, 2.24) is 5.32 Å². The molecular weight excluding hydrogens is 416 g/mol. The molecule has 0 saturated carbocycles. The molecule has 0 bridgehead atoms. The van der Waals surface area contributed by atoms with Crippen LogP contribution in [0.15, 0.2) is 42.5 Å². The van der Waals surface area contributed by atoms with Crippen LogP contribution in [0, 0.1) is 0 Å². The summed E-state index contributed by atoms with van der Waals surface area (Å²) in [6.45, 7) is 5.33. The van der Waals surface area contributed by atoms with Crippen LogP contribution < -0.4 is 15.0 Å². The van der Waals surface area contributed by atoms with E-state index >= 15 is 0 Å². The van der Waals surface area contributed by atoms with E-state index in [0.717, 1.165) is 36.0 Å². The molecule has 0 aliphatic rings. The van der Waals surface area contributed by atoms with E-state index in [-0.39, 0.29) is 12.5 Å². The summed E-state index contributed by atoms with van der Waals surface area (Å²) in [7, 11) is 1.72. The SMILES string of the molecule is CCCCCCCNC(=O)N(C)c1c(CCC(=O)O)ccc(-c2ccccc2)c1OCCC. The minimum Gasteiger partial charge on any atom is -0.491 e. The van der Waals surface area contributed by atoms with Crippen LogP contribution in [0.4, 0.5) is 10.5 Å². The van der Waals surface area contributed by atoms with Crippen LogP contribution in [0.25, 0.3) is 11.1 Å². The number of nitrogens with one attached hydrogen (secondary N) is 1. The molecule has 2 rings (SSSR count). The van der Waals surface area contributed by atoms with Gasteiger partial charge in [-0.1, -0.05) is 82.0 Å². The number of hydrogen-bond donors (Lipinski definition) is 2. The summed E-state index contributed by atoms with van der Waals surface area (Å²) in [5.41, 5.74) is 3.29. The zero-order valence-corrected chi connectivity index (χ0v) is 20.2.